The lowest BCUT2D eigenvalue weighted by Crippen LogP contribution is -2.49. The number of aryl methyl sites for hydroxylation is 1. The molecule has 0 radical (unpaired) electrons. The Kier molecular flexibility index (Phi) is 4.01. The van der Waals surface area contributed by atoms with Crippen LogP contribution in [0.3, 0.4) is 0 Å². The van der Waals surface area contributed by atoms with Crippen molar-refractivity contribution in [2.24, 2.45) is 5.73 Å². The van der Waals surface area contributed by atoms with Gasteiger partial charge in [-0.25, -0.2) is 4.98 Å². The molecule has 1 aromatic heterocycles. The zero-order valence-corrected chi connectivity index (χ0v) is 11.8. The quantitative estimate of drug-likeness (QED) is 0.903. The first kappa shape index (κ1) is 12.8. The minimum Gasteiger partial charge on any atom is -0.373 e. The zero-order valence-electron chi connectivity index (χ0n) is 10.2. The Hall–Kier alpha value is -0.650. The molecule has 5 heteroatoms. The van der Waals surface area contributed by atoms with Crippen LogP contribution in [0.5, 0.6) is 0 Å². The number of aromatic nitrogens is 1. The Labute approximate surface area is 110 Å². The van der Waals surface area contributed by atoms with Crippen LogP contribution in [0.2, 0.25) is 0 Å². The van der Waals surface area contributed by atoms with E-state index in [4.69, 9.17) is 10.5 Å². The summed E-state index contributed by atoms with van der Waals surface area (Å²) in [4.78, 5) is 6.81. The van der Waals surface area contributed by atoms with Crippen molar-refractivity contribution in [3.63, 3.8) is 0 Å². The van der Waals surface area contributed by atoms with Crippen LogP contribution in [-0.2, 0) is 4.74 Å². The number of rotatable bonds is 2. The van der Waals surface area contributed by atoms with Crippen LogP contribution in [0.1, 0.15) is 12.6 Å². The highest BCUT2D eigenvalue weighted by Gasteiger charge is 2.24. The number of hydrogen-bond donors (Lipinski definition) is 1. The Morgan fingerprint density at radius 2 is 2.35 bits per heavy atom. The van der Waals surface area contributed by atoms with E-state index in [1.165, 1.54) is 0 Å². The summed E-state index contributed by atoms with van der Waals surface area (Å²) in [6.07, 6.45) is 0.0921. The molecule has 2 N–H and O–H groups in total. The molecule has 1 aromatic rings. The van der Waals surface area contributed by atoms with Crippen molar-refractivity contribution >= 4 is 21.7 Å². The van der Waals surface area contributed by atoms with Gasteiger partial charge in [-0.05, 0) is 41.9 Å². The predicted molar refractivity (Wildman–Crippen MR) is 72.3 cm³/mol. The number of halogens is 1. The molecule has 1 fully saturated rings. The van der Waals surface area contributed by atoms with Crippen LogP contribution in [0.25, 0.3) is 0 Å². The lowest BCUT2D eigenvalue weighted by atomic mass is 10.1. The maximum Gasteiger partial charge on any atom is 0.129 e. The van der Waals surface area contributed by atoms with Crippen LogP contribution in [-0.4, -0.2) is 36.8 Å². The summed E-state index contributed by atoms with van der Waals surface area (Å²) in [6.45, 7) is 6.37. The fraction of sp³-hybridized carbons (Fsp3) is 0.583. The molecule has 2 heterocycles. The lowest BCUT2D eigenvalue weighted by Gasteiger charge is -2.35. The van der Waals surface area contributed by atoms with Gasteiger partial charge < -0.3 is 15.4 Å². The van der Waals surface area contributed by atoms with E-state index >= 15 is 0 Å². The van der Waals surface area contributed by atoms with Crippen molar-refractivity contribution in [2.45, 2.75) is 26.0 Å². The standard InChI is InChI=1S/C12H18BrN3O/c1-8(14)11-7-16(5-6-17-11)12-4-3-10(13)9(2)15-12/h3-4,8,11H,5-7,14H2,1-2H3. The maximum atomic E-state index is 5.88. The molecule has 2 rings (SSSR count). The van der Waals surface area contributed by atoms with Gasteiger partial charge >= 0.3 is 0 Å². The van der Waals surface area contributed by atoms with Gasteiger partial charge in [0.2, 0.25) is 0 Å². The van der Waals surface area contributed by atoms with Crippen molar-refractivity contribution in [3.8, 4) is 0 Å². The Morgan fingerprint density at radius 3 is 3.00 bits per heavy atom. The molecular weight excluding hydrogens is 282 g/mol. The molecule has 1 aliphatic rings. The second kappa shape index (κ2) is 5.33. The molecule has 17 heavy (non-hydrogen) atoms. The van der Waals surface area contributed by atoms with E-state index in [0.717, 1.165) is 29.1 Å². The van der Waals surface area contributed by atoms with Crippen molar-refractivity contribution in [1.82, 2.24) is 4.98 Å². The summed E-state index contributed by atoms with van der Waals surface area (Å²) < 4.78 is 6.68. The molecule has 0 saturated carbocycles. The highest BCUT2D eigenvalue weighted by Crippen LogP contribution is 2.21. The molecule has 0 bridgehead atoms. The molecule has 94 valence electrons. The highest BCUT2D eigenvalue weighted by molar-refractivity contribution is 9.10. The summed E-state index contributed by atoms with van der Waals surface area (Å²) in [5.41, 5.74) is 6.89. The third kappa shape index (κ3) is 2.97. The third-order valence-electron chi connectivity index (χ3n) is 3.01. The van der Waals surface area contributed by atoms with Crippen LogP contribution in [0.4, 0.5) is 5.82 Å². The summed E-state index contributed by atoms with van der Waals surface area (Å²) >= 11 is 3.46. The minimum absolute atomic E-state index is 0.0503. The van der Waals surface area contributed by atoms with Gasteiger partial charge in [0.1, 0.15) is 5.82 Å². The van der Waals surface area contributed by atoms with Gasteiger partial charge in [-0.3, -0.25) is 0 Å². The third-order valence-corrected chi connectivity index (χ3v) is 3.85. The molecule has 0 aromatic carbocycles. The smallest absolute Gasteiger partial charge is 0.129 e. The van der Waals surface area contributed by atoms with E-state index in [-0.39, 0.29) is 12.1 Å². The largest absolute Gasteiger partial charge is 0.373 e. The van der Waals surface area contributed by atoms with Gasteiger partial charge in [0.25, 0.3) is 0 Å². The normalized spacial score (nSPS) is 22.6. The fourth-order valence-corrected chi connectivity index (χ4v) is 2.13. The molecule has 0 aliphatic carbocycles. The first-order valence-electron chi connectivity index (χ1n) is 5.83. The molecule has 4 nitrogen and oxygen atoms in total. The summed E-state index contributed by atoms with van der Waals surface area (Å²) in [5.74, 6) is 1.000. The van der Waals surface area contributed by atoms with Gasteiger partial charge in [-0.15, -0.1) is 0 Å². The monoisotopic (exact) mass is 299 g/mol. The summed E-state index contributed by atoms with van der Waals surface area (Å²) in [5, 5.41) is 0. The van der Waals surface area contributed by atoms with Crippen LogP contribution >= 0.6 is 15.9 Å². The van der Waals surface area contributed by atoms with Crippen LogP contribution in [0.15, 0.2) is 16.6 Å². The van der Waals surface area contributed by atoms with Crippen molar-refractivity contribution in [1.29, 1.82) is 0 Å². The average Bonchev–Trinajstić information content (AvgIpc) is 2.33. The van der Waals surface area contributed by atoms with Gasteiger partial charge in [0.05, 0.1) is 18.4 Å². The van der Waals surface area contributed by atoms with Gasteiger partial charge in [-0.1, -0.05) is 0 Å². The lowest BCUT2D eigenvalue weighted by molar-refractivity contribution is 0.0273. The average molecular weight is 300 g/mol. The number of hydrogen-bond acceptors (Lipinski definition) is 4. The molecule has 2 unspecified atom stereocenters. The molecular formula is C12H18BrN3O. The first-order chi connectivity index (χ1) is 8.08. The molecule has 1 saturated heterocycles. The summed E-state index contributed by atoms with van der Waals surface area (Å²) in [6, 6.07) is 4.11. The number of ether oxygens (including phenoxy) is 1. The van der Waals surface area contributed by atoms with Crippen LogP contribution < -0.4 is 10.6 Å². The molecule has 1 aliphatic heterocycles. The van der Waals surface area contributed by atoms with E-state index in [2.05, 4.69) is 25.8 Å². The number of morpholine rings is 1. The number of anilines is 1. The molecule has 0 amide bonds. The molecule has 2 atom stereocenters. The number of nitrogens with zero attached hydrogens (tertiary/aromatic N) is 2. The van der Waals surface area contributed by atoms with Crippen molar-refractivity contribution in [2.75, 3.05) is 24.6 Å². The summed E-state index contributed by atoms with van der Waals surface area (Å²) in [7, 11) is 0. The molecule has 0 spiro atoms. The maximum absolute atomic E-state index is 5.88. The second-order valence-electron chi connectivity index (χ2n) is 4.45. The van der Waals surface area contributed by atoms with Crippen LogP contribution in [0, 0.1) is 6.92 Å². The Bertz CT molecular complexity index is 397. The van der Waals surface area contributed by atoms with Crippen molar-refractivity contribution < 1.29 is 4.74 Å². The SMILES string of the molecule is Cc1nc(N2CCOC(C(C)N)C2)ccc1Br. The van der Waals surface area contributed by atoms with Gasteiger partial charge in [0, 0.05) is 23.6 Å². The van der Waals surface area contributed by atoms with Crippen molar-refractivity contribution in [3.05, 3.63) is 22.3 Å². The van der Waals surface area contributed by atoms with Gasteiger partial charge in [0.15, 0.2) is 0 Å². The van der Waals surface area contributed by atoms with E-state index in [1.807, 2.05) is 26.0 Å². The predicted octanol–water partition coefficient (Wildman–Crippen LogP) is 1.70. The second-order valence-corrected chi connectivity index (χ2v) is 5.31. The van der Waals surface area contributed by atoms with Gasteiger partial charge in [-0.2, -0.15) is 0 Å². The Balaban J connectivity index is 2.13. The topological polar surface area (TPSA) is 51.4 Å². The van der Waals surface area contributed by atoms with E-state index in [9.17, 15) is 0 Å². The number of pyridine rings is 1. The van der Waals surface area contributed by atoms with E-state index in [1.54, 1.807) is 0 Å². The number of nitrogens with two attached hydrogens (primary N) is 1. The minimum atomic E-state index is 0.0503. The van der Waals surface area contributed by atoms with E-state index < -0.39 is 0 Å². The van der Waals surface area contributed by atoms with E-state index in [0.29, 0.717) is 6.61 Å². The Morgan fingerprint density at radius 1 is 1.59 bits per heavy atom. The highest BCUT2D eigenvalue weighted by atomic mass is 79.9. The fourth-order valence-electron chi connectivity index (χ4n) is 1.91. The zero-order chi connectivity index (χ0) is 12.4. The first-order valence-corrected chi connectivity index (χ1v) is 6.62.